The van der Waals surface area contributed by atoms with Gasteiger partial charge in [0.25, 0.3) is 0 Å². The molecule has 0 heterocycles. The quantitative estimate of drug-likeness (QED) is 0.312. The van der Waals surface area contributed by atoms with E-state index in [4.69, 9.17) is 0 Å². The molecule has 0 aromatic heterocycles. The Kier molecular flexibility index (Phi) is 3.62. The Morgan fingerprint density at radius 2 is 2.20 bits per heavy atom. The van der Waals surface area contributed by atoms with Gasteiger partial charge in [0, 0.05) is 16.3 Å². The van der Waals surface area contributed by atoms with Gasteiger partial charge >= 0.3 is 0 Å². The monoisotopic (exact) mass is 153 g/mol. The van der Waals surface area contributed by atoms with Gasteiger partial charge in [0.2, 0.25) is 6.29 Å². The average Bonchev–Trinajstić information content (AvgIpc) is 1.89. The minimum Gasteiger partial charge on any atom is -0.290 e. The number of allylic oxidation sites excluding steroid dienone is 2. The van der Waals surface area contributed by atoms with E-state index in [-0.39, 0.29) is 0 Å². The van der Waals surface area contributed by atoms with Crippen molar-refractivity contribution >= 4 is 22.5 Å². The van der Waals surface area contributed by atoms with Crippen molar-refractivity contribution in [3.8, 4) is 0 Å². The molecule has 0 aliphatic heterocycles. The van der Waals surface area contributed by atoms with Crippen LogP contribution in [0, 0.1) is 0 Å². The summed E-state index contributed by atoms with van der Waals surface area (Å²) in [4.78, 5) is 20.1. The first kappa shape index (κ1) is 9.08. The molecule has 0 saturated heterocycles. The van der Waals surface area contributed by atoms with Gasteiger partial charge in [0.05, 0.1) is 5.04 Å². The minimum atomic E-state index is -0.691. The van der Waals surface area contributed by atoms with Gasteiger partial charge in [0.1, 0.15) is 5.94 Å². The van der Waals surface area contributed by atoms with Crippen molar-refractivity contribution < 1.29 is 9.59 Å². The zero-order valence-corrected chi connectivity index (χ0v) is 7.89. The molecule has 1 unspecified atom stereocenters. The molecular formula is C7H9O2Si. The largest absolute Gasteiger partial charge is 0.290 e. The summed E-state index contributed by atoms with van der Waals surface area (Å²) in [6, 6.07) is 0. The molecule has 0 aromatic carbocycles. The van der Waals surface area contributed by atoms with E-state index in [9.17, 15) is 9.59 Å². The van der Waals surface area contributed by atoms with Crippen LogP contribution in [0.15, 0.2) is 18.7 Å². The zero-order valence-electron chi connectivity index (χ0n) is 5.89. The number of hydrogen-bond donors (Lipinski definition) is 0. The predicted molar refractivity (Wildman–Crippen MR) is 43.4 cm³/mol. The van der Waals surface area contributed by atoms with Crippen LogP contribution in [0.4, 0.5) is 0 Å². The van der Waals surface area contributed by atoms with Gasteiger partial charge in [-0.05, 0) is 6.42 Å². The second-order valence-electron chi connectivity index (χ2n) is 2.27. The molecule has 53 valence electrons. The van der Waals surface area contributed by atoms with Crippen molar-refractivity contribution in [2.75, 3.05) is 0 Å². The highest BCUT2D eigenvalue weighted by Gasteiger charge is 2.19. The maximum absolute atomic E-state index is 10.3. The first-order valence-electron chi connectivity index (χ1n) is 2.91. The Balaban J connectivity index is 4.35. The standard InChI is InChI=1S/C7H9O2Si/c1-2-3-7(10,6-9)4-5-8/h2,4H,1,3H2,10H3. The molecule has 10 heavy (non-hydrogen) atoms. The van der Waals surface area contributed by atoms with Crippen molar-refractivity contribution in [3.63, 3.8) is 0 Å². The second-order valence-corrected chi connectivity index (χ2v) is 4.06. The zero-order chi connectivity index (χ0) is 8.04. The van der Waals surface area contributed by atoms with Crippen molar-refractivity contribution in [1.29, 1.82) is 0 Å². The fraction of sp³-hybridized carbons (Fsp3) is 0.286. The third-order valence-electron chi connectivity index (χ3n) is 1.18. The smallest absolute Gasteiger partial charge is 0.206 e. The van der Waals surface area contributed by atoms with Gasteiger partial charge < -0.3 is 0 Å². The first-order chi connectivity index (χ1) is 4.68. The number of hydrogen-bond acceptors (Lipinski definition) is 2. The van der Waals surface area contributed by atoms with Gasteiger partial charge in [-0.15, -0.1) is 6.58 Å². The molecule has 0 rings (SSSR count). The van der Waals surface area contributed by atoms with Gasteiger partial charge in [-0.25, -0.2) is 4.79 Å². The summed E-state index contributed by atoms with van der Waals surface area (Å²) >= 11 is 0. The lowest BCUT2D eigenvalue weighted by Gasteiger charge is -2.10. The minimum absolute atomic E-state index is 0.484. The third kappa shape index (κ3) is 2.57. The molecule has 2 nitrogen and oxygen atoms in total. The van der Waals surface area contributed by atoms with Gasteiger partial charge in [-0.2, -0.15) is 0 Å². The van der Waals surface area contributed by atoms with E-state index < -0.39 is 5.04 Å². The summed E-state index contributed by atoms with van der Waals surface area (Å²) in [6.45, 7) is 3.47. The molecule has 0 fully saturated rings. The molecule has 1 radical (unpaired) electrons. The summed E-state index contributed by atoms with van der Waals surface area (Å²) in [7, 11) is 0.576. The molecule has 0 aliphatic rings. The average molecular weight is 153 g/mol. The van der Waals surface area contributed by atoms with Crippen LogP contribution in [-0.2, 0) is 9.59 Å². The van der Waals surface area contributed by atoms with E-state index in [1.165, 1.54) is 6.08 Å². The van der Waals surface area contributed by atoms with Crippen molar-refractivity contribution in [3.05, 3.63) is 18.7 Å². The highest BCUT2D eigenvalue weighted by Crippen LogP contribution is 2.23. The molecule has 0 bridgehead atoms. The van der Waals surface area contributed by atoms with E-state index in [0.717, 1.165) is 0 Å². The Hall–Kier alpha value is -0.923. The fourth-order valence-corrected chi connectivity index (χ4v) is 0.966. The molecule has 0 aliphatic carbocycles. The molecule has 3 heteroatoms. The van der Waals surface area contributed by atoms with Gasteiger partial charge in [-0.1, -0.05) is 6.08 Å². The van der Waals surface area contributed by atoms with Crippen LogP contribution in [0.3, 0.4) is 0 Å². The van der Waals surface area contributed by atoms with Crippen LogP contribution in [0.1, 0.15) is 6.42 Å². The highest BCUT2D eigenvalue weighted by molar-refractivity contribution is 6.26. The van der Waals surface area contributed by atoms with Gasteiger partial charge in [-0.3, -0.25) is 4.79 Å². The molecule has 0 N–H and O–H groups in total. The van der Waals surface area contributed by atoms with Crippen LogP contribution < -0.4 is 0 Å². The van der Waals surface area contributed by atoms with E-state index in [1.807, 2.05) is 0 Å². The normalized spacial score (nSPS) is 14.8. The topological polar surface area (TPSA) is 34.1 Å². The fourth-order valence-electron chi connectivity index (χ4n) is 0.560. The summed E-state index contributed by atoms with van der Waals surface area (Å²) in [5.41, 5.74) is 0. The van der Waals surface area contributed by atoms with Crippen LogP contribution in [0.25, 0.3) is 0 Å². The molecule has 1 atom stereocenters. The van der Waals surface area contributed by atoms with Crippen LogP contribution in [0.5, 0.6) is 0 Å². The predicted octanol–water partition coefficient (Wildman–Crippen LogP) is -0.416. The molecular weight excluding hydrogens is 144 g/mol. The summed E-state index contributed by atoms with van der Waals surface area (Å²) in [6.07, 6.45) is 5.11. The second kappa shape index (κ2) is 3.98. The van der Waals surface area contributed by atoms with E-state index >= 15 is 0 Å². The molecule has 0 aromatic rings. The molecule has 0 amide bonds. The summed E-state index contributed by atoms with van der Waals surface area (Å²) in [5.74, 6) is 1.59. The Labute approximate surface area is 63.0 Å². The maximum atomic E-state index is 10.3. The van der Waals surface area contributed by atoms with Crippen molar-refractivity contribution in [1.82, 2.24) is 0 Å². The van der Waals surface area contributed by atoms with Gasteiger partial charge in [0.15, 0.2) is 0 Å². The number of rotatable bonds is 4. The number of carbonyl (C=O) groups excluding carboxylic acids is 2. The summed E-state index contributed by atoms with van der Waals surface area (Å²) < 4.78 is 0. The van der Waals surface area contributed by atoms with E-state index in [1.54, 1.807) is 18.3 Å². The van der Waals surface area contributed by atoms with E-state index in [0.29, 0.717) is 16.7 Å². The Morgan fingerprint density at radius 1 is 1.60 bits per heavy atom. The summed E-state index contributed by atoms with van der Waals surface area (Å²) in [5, 5.41) is -0.691. The van der Waals surface area contributed by atoms with Crippen LogP contribution in [-0.4, -0.2) is 22.5 Å². The SMILES string of the molecule is C=CCC([SiH3])([C]=O)C=C=O. The van der Waals surface area contributed by atoms with Crippen LogP contribution >= 0.6 is 0 Å². The lowest BCUT2D eigenvalue weighted by molar-refractivity contribution is 0.539. The maximum Gasteiger partial charge on any atom is 0.206 e. The molecule has 0 saturated carbocycles. The van der Waals surface area contributed by atoms with Crippen molar-refractivity contribution in [2.24, 2.45) is 0 Å². The third-order valence-corrected chi connectivity index (χ3v) is 2.08. The molecule has 0 spiro atoms. The Bertz CT molecular complexity index is 182. The van der Waals surface area contributed by atoms with E-state index in [2.05, 4.69) is 6.58 Å². The van der Waals surface area contributed by atoms with Crippen molar-refractivity contribution in [2.45, 2.75) is 11.5 Å². The lowest BCUT2D eigenvalue weighted by Crippen LogP contribution is -2.10. The first-order valence-corrected chi connectivity index (χ1v) is 3.91. The Morgan fingerprint density at radius 3 is 2.50 bits per heavy atom. The highest BCUT2D eigenvalue weighted by atomic mass is 28.1. The van der Waals surface area contributed by atoms with Crippen LogP contribution in [0.2, 0.25) is 5.04 Å². The lowest BCUT2D eigenvalue weighted by atomic mass is 10.1.